The second-order valence-corrected chi connectivity index (χ2v) is 4.27. The number of aliphatic carboxylic acids is 1. The van der Waals surface area contributed by atoms with Gasteiger partial charge in [0.2, 0.25) is 0 Å². The third-order valence-electron chi connectivity index (χ3n) is 1.77. The van der Waals surface area contributed by atoms with E-state index < -0.39 is 5.97 Å². The van der Waals surface area contributed by atoms with Gasteiger partial charge >= 0.3 is 5.97 Å². The summed E-state index contributed by atoms with van der Waals surface area (Å²) in [6.07, 6.45) is 15.3. The molecule has 0 aliphatic heterocycles. The first-order valence-electron chi connectivity index (χ1n) is 7.89. The van der Waals surface area contributed by atoms with Gasteiger partial charge in [-0.05, 0) is 33.1 Å². The number of allylic oxidation sites excluding steroid dienone is 6. The van der Waals surface area contributed by atoms with E-state index in [9.17, 15) is 4.79 Å². The molecule has 23 heavy (non-hydrogen) atoms. The summed E-state index contributed by atoms with van der Waals surface area (Å²) in [5.74, 6) is -0.711. The molecule has 0 saturated heterocycles. The van der Waals surface area contributed by atoms with Crippen LogP contribution >= 0.6 is 0 Å². The van der Waals surface area contributed by atoms with Gasteiger partial charge in [-0.15, -0.1) is 19.7 Å². The summed E-state index contributed by atoms with van der Waals surface area (Å²) >= 11 is 0. The highest BCUT2D eigenvalue weighted by Crippen LogP contribution is 1.92. The maximum atomic E-state index is 9.60. The predicted octanol–water partition coefficient (Wildman–Crippen LogP) is 5.70. The molecule has 134 valence electrons. The van der Waals surface area contributed by atoms with Crippen molar-refractivity contribution in [3.05, 3.63) is 62.3 Å². The fourth-order valence-corrected chi connectivity index (χ4v) is 0.796. The van der Waals surface area contributed by atoms with E-state index in [1.807, 2.05) is 52.0 Å². The lowest BCUT2D eigenvalue weighted by Crippen LogP contribution is -1.97. The van der Waals surface area contributed by atoms with Crippen LogP contribution in [-0.2, 0) is 4.79 Å². The Bertz CT molecular complexity index is 309. The molecule has 3 nitrogen and oxygen atoms in total. The van der Waals surface area contributed by atoms with Crippen molar-refractivity contribution < 1.29 is 15.0 Å². The van der Waals surface area contributed by atoms with Crippen LogP contribution in [-0.4, -0.2) is 22.3 Å². The first-order chi connectivity index (χ1) is 10.9. The van der Waals surface area contributed by atoms with Crippen LogP contribution in [0.25, 0.3) is 0 Å². The molecule has 0 rings (SSSR count). The Hall–Kier alpha value is -1.87. The lowest BCUT2D eigenvalue weighted by Gasteiger charge is -1.95. The van der Waals surface area contributed by atoms with Gasteiger partial charge in [0.1, 0.15) is 0 Å². The van der Waals surface area contributed by atoms with Crippen molar-refractivity contribution in [2.45, 2.75) is 59.5 Å². The average molecular weight is 325 g/mol. The van der Waals surface area contributed by atoms with Gasteiger partial charge in [0.25, 0.3) is 0 Å². The second-order valence-electron chi connectivity index (χ2n) is 4.27. The fourth-order valence-electron chi connectivity index (χ4n) is 0.796. The van der Waals surface area contributed by atoms with Gasteiger partial charge in [-0.25, -0.2) is 0 Å². The highest BCUT2D eigenvalue weighted by molar-refractivity contribution is 5.66. The van der Waals surface area contributed by atoms with Gasteiger partial charge in [-0.1, -0.05) is 56.4 Å². The minimum atomic E-state index is -0.711. The number of hydrogen-bond donors (Lipinski definition) is 2. The van der Waals surface area contributed by atoms with E-state index in [0.29, 0.717) is 6.42 Å². The van der Waals surface area contributed by atoms with Crippen molar-refractivity contribution in [2.75, 3.05) is 0 Å². The smallest absolute Gasteiger partial charge is 0.303 e. The fraction of sp³-hybridized carbons (Fsp3) is 0.450. The third-order valence-corrected chi connectivity index (χ3v) is 1.77. The third kappa shape index (κ3) is 64.5. The molecule has 0 aromatic carbocycles. The summed E-state index contributed by atoms with van der Waals surface area (Å²) in [4.78, 5) is 9.60. The summed E-state index contributed by atoms with van der Waals surface area (Å²) in [7, 11) is 0. The van der Waals surface area contributed by atoms with Crippen molar-refractivity contribution in [1.29, 1.82) is 0 Å². The molecule has 0 fully saturated rings. The van der Waals surface area contributed by atoms with Crippen LogP contribution in [0.15, 0.2) is 62.3 Å². The highest BCUT2D eigenvalue weighted by atomic mass is 16.4. The maximum absolute atomic E-state index is 9.60. The second kappa shape index (κ2) is 32.2. The number of carboxylic acid groups (broad SMARTS) is 1. The van der Waals surface area contributed by atoms with Crippen LogP contribution in [0.5, 0.6) is 0 Å². The van der Waals surface area contributed by atoms with Crippen LogP contribution in [0.4, 0.5) is 0 Å². The number of aliphatic hydroxyl groups excluding tert-OH is 1. The van der Waals surface area contributed by atoms with Gasteiger partial charge in [-0.2, -0.15) is 0 Å². The van der Waals surface area contributed by atoms with Crippen molar-refractivity contribution >= 4 is 5.97 Å². The van der Waals surface area contributed by atoms with E-state index in [-0.39, 0.29) is 6.10 Å². The zero-order chi connectivity index (χ0) is 18.9. The molecule has 0 aliphatic rings. The van der Waals surface area contributed by atoms with Crippen LogP contribution < -0.4 is 0 Å². The molecule has 0 heterocycles. The topological polar surface area (TPSA) is 57.5 Å². The lowest BCUT2D eigenvalue weighted by atomic mass is 10.2. The molecular weight excluding hydrogens is 288 g/mol. The number of hydrogen-bond acceptors (Lipinski definition) is 2. The van der Waals surface area contributed by atoms with Crippen LogP contribution in [0.3, 0.4) is 0 Å². The highest BCUT2D eigenvalue weighted by Gasteiger charge is 1.89. The number of carboxylic acids is 1. The minimum Gasteiger partial charge on any atom is -0.481 e. The Labute approximate surface area is 143 Å². The SMILES string of the molecule is C=CC.C=CC.C=CC/C=C/C=C/C(O)CC.CCCC(=O)O. The summed E-state index contributed by atoms with van der Waals surface area (Å²) in [6.45, 7) is 17.9. The van der Waals surface area contributed by atoms with Crippen molar-refractivity contribution in [1.82, 2.24) is 0 Å². The standard InChI is InChI=1S/C10H16O.C4H8O2.2C3H6/c1-3-5-6-7-8-9-10(11)4-2;1-2-3-4(5)6;2*1-3-2/h3,6-11H,1,4-5H2,2H3;2-3H2,1H3,(H,5,6);2*3H,1H2,2H3/b7-6+,9-8+;;;. The number of carbonyl (C=O) groups is 1. The first-order valence-corrected chi connectivity index (χ1v) is 7.89. The van der Waals surface area contributed by atoms with E-state index in [2.05, 4.69) is 19.7 Å². The van der Waals surface area contributed by atoms with E-state index in [1.165, 1.54) is 0 Å². The minimum absolute atomic E-state index is 0.292. The molecule has 0 spiro atoms. The normalized spacial score (nSPS) is 10.1. The van der Waals surface area contributed by atoms with Crippen LogP contribution in [0.2, 0.25) is 0 Å². The van der Waals surface area contributed by atoms with Gasteiger partial charge in [0.15, 0.2) is 0 Å². The molecule has 0 bridgehead atoms. The Morgan fingerprint density at radius 1 is 1.09 bits per heavy atom. The molecule has 2 N–H and O–H groups in total. The van der Waals surface area contributed by atoms with E-state index in [4.69, 9.17) is 10.2 Å². The predicted molar refractivity (Wildman–Crippen MR) is 104 cm³/mol. The average Bonchev–Trinajstić information content (AvgIpc) is 2.49. The van der Waals surface area contributed by atoms with Crippen molar-refractivity contribution in [2.24, 2.45) is 0 Å². The van der Waals surface area contributed by atoms with Gasteiger partial charge in [0, 0.05) is 6.42 Å². The molecule has 1 unspecified atom stereocenters. The molecule has 0 aromatic heterocycles. The summed E-state index contributed by atoms with van der Waals surface area (Å²) in [6, 6.07) is 0. The molecule has 0 amide bonds. The zero-order valence-corrected chi connectivity index (χ0v) is 15.4. The largest absolute Gasteiger partial charge is 0.481 e. The number of rotatable bonds is 7. The van der Waals surface area contributed by atoms with Crippen LogP contribution in [0, 0.1) is 0 Å². The Morgan fingerprint density at radius 2 is 1.57 bits per heavy atom. The van der Waals surface area contributed by atoms with E-state index >= 15 is 0 Å². The van der Waals surface area contributed by atoms with Crippen LogP contribution in [0.1, 0.15) is 53.4 Å². The molecule has 0 aromatic rings. The van der Waals surface area contributed by atoms with Crippen molar-refractivity contribution in [3.8, 4) is 0 Å². The van der Waals surface area contributed by atoms with Gasteiger partial charge in [-0.3, -0.25) is 4.79 Å². The van der Waals surface area contributed by atoms with Gasteiger partial charge < -0.3 is 10.2 Å². The Morgan fingerprint density at radius 3 is 1.83 bits per heavy atom. The summed E-state index contributed by atoms with van der Waals surface area (Å²) in [5.41, 5.74) is 0. The first kappa shape index (κ1) is 29.2. The van der Waals surface area contributed by atoms with E-state index in [0.717, 1.165) is 19.3 Å². The number of aliphatic hydroxyl groups is 1. The zero-order valence-electron chi connectivity index (χ0n) is 15.4. The molecule has 3 heteroatoms. The molecule has 1 atom stereocenters. The quantitative estimate of drug-likeness (QED) is 0.466. The lowest BCUT2D eigenvalue weighted by molar-refractivity contribution is -0.137. The van der Waals surface area contributed by atoms with Gasteiger partial charge in [0.05, 0.1) is 6.10 Å². The monoisotopic (exact) mass is 324 g/mol. The van der Waals surface area contributed by atoms with E-state index in [1.54, 1.807) is 18.2 Å². The maximum Gasteiger partial charge on any atom is 0.303 e. The molecule has 0 saturated carbocycles. The van der Waals surface area contributed by atoms with Crippen molar-refractivity contribution in [3.63, 3.8) is 0 Å². The molecular formula is C20H36O3. The Balaban J connectivity index is -0.000000126. The molecule has 0 radical (unpaired) electrons. The summed E-state index contributed by atoms with van der Waals surface area (Å²) in [5, 5.41) is 17.0. The Kier molecular flexibility index (Phi) is 40.8. The molecule has 0 aliphatic carbocycles. The summed E-state index contributed by atoms with van der Waals surface area (Å²) < 4.78 is 0.